The molecule has 0 aromatic carbocycles. The quantitative estimate of drug-likeness (QED) is 0.125. The Morgan fingerprint density at radius 3 is 1.71 bits per heavy atom. The van der Waals surface area contributed by atoms with Crippen LogP contribution in [0.3, 0.4) is 0 Å². The van der Waals surface area contributed by atoms with Crippen molar-refractivity contribution in [2.24, 2.45) is 0 Å². The van der Waals surface area contributed by atoms with Gasteiger partial charge in [-0.3, -0.25) is 39.8 Å². The summed E-state index contributed by atoms with van der Waals surface area (Å²) in [6, 6.07) is 1.41. The fourth-order valence-electron chi connectivity index (χ4n) is 2.37. The minimum absolute atomic E-state index is 0. The Bertz CT molecular complexity index is 1210. The molecule has 17 nitrogen and oxygen atoms in total. The maximum absolute atomic E-state index is 11.4. The van der Waals surface area contributed by atoms with E-state index in [0.29, 0.717) is 18.0 Å². The van der Waals surface area contributed by atoms with Crippen LogP contribution in [0.2, 0.25) is 0 Å². The fraction of sp³-hybridized carbons (Fsp3) is 0.400. The first kappa shape index (κ1) is 36.0. The normalized spacial score (nSPS) is 9.24. The second-order valence-corrected chi connectivity index (χ2v) is 6.93. The average Bonchev–Trinajstić information content (AvgIpc) is 2.72. The van der Waals surface area contributed by atoms with Gasteiger partial charge in [-0.2, -0.15) is 0 Å². The van der Waals surface area contributed by atoms with Crippen molar-refractivity contribution in [1.29, 1.82) is 0 Å². The van der Waals surface area contributed by atoms with Crippen molar-refractivity contribution in [3.05, 3.63) is 44.2 Å². The van der Waals surface area contributed by atoms with Gasteiger partial charge in [-0.05, 0) is 20.8 Å². The Morgan fingerprint density at radius 2 is 1.34 bits per heavy atom. The molecule has 38 heavy (non-hydrogen) atoms. The van der Waals surface area contributed by atoms with Gasteiger partial charge in [-0.25, -0.2) is 19.6 Å². The first-order valence-corrected chi connectivity index (χ1v) is 10.6. The largest absolute Gasteiger partial charge is 1.00 e. The average molecular weight is 543 g/mol. The number of aromatic amines is 2. The van der Waals surface area contributed by atoms with Gasteiger partial charge >= 0.3 is 42.9 Å². The zero-order valence-corrected chi connectivity index (χ0v) is 21.4. The van der Waals surface area contributed by atoms with E-state index in [9.17, 15) is 28.8 Å². The zero-order valence-electron chi connectivity index (χ0n) is 22.4. The van der Waals surface area contributed by atoms with Crippen molar-refractivity contribution >= 4 is 35.9 Å². The summed E-state index contributed by atoms with van der Waals surface area (Å²) in [5.74, 6) is -1.32. The number of aryl methyl sites for hydroxylation is 2. The topological polar surface area (TPSA) is 269 Å². The van der Waals surface area contributed by atoms with E-state index in [1.165, 1.54) is 12.1 Å². The number of rotatable bonds is 9. The molecule has 0 radical (unpaired) electrons. The summed E-state index contributed by atoms with van der Waals surface area (Å²) in [6.45, 7) is 5.40. The van der Waals surface area contributed by atoms with Crippen LogP contribution in [0.15, 0.2) is 21.7 Å². The molecule has 0 bridgehead atoms. The Morgan fingerprint density at radius 1 is 0.921 bits per heavy atom. The monoisotopic (exact) mass is 542 g/mol. The number of amides is 4. The van der Waals surface area contributed by atoms with Crippen LogP contribution in [0.4, 0.5) is 21.5 Å². The molecule has 214 valence electrons. The number of nitrogens with one attached hydrogen (secondary N) is 6. The Kier molecular flexibility index (Phi) is 18.0. The third-order valence-electron chi connectivity index (χ3n) is 3.75. The molecule has 0 aliphatic carbocycles. The van der Waals surface area contributed by atoms with Crippen molar-refractivity contribution in [3.8, 4) is 0 Å². The van der Waals surface area contributed by atoms with E-state index >= 15 is 0 Å². The number of H-pyrrole nitrogens is 2. The first-order valence-electron chi connectivity index (χ1n) is 10.6. The van der Waals surface area contributed by atoms with Gasteiger partial charge in [-0.15, -0.1) is 0 Å². The fourth-order valence-corrected chi connectivity index (χ4v) is 2.37. The molecule has 18 heteroatoms. The number of carboxylic acid groups (broad SMARTS) is 1. The molecular weight excluding hydrogens is 503 g/mol. The molecule has 2 rings (SSSR count). The maximum Gasteiger partial charge on any atom is 1.00 e. The van der Waals surface area contributed by atoms with Crippen LogP contribution in [0.25, 0.3) is 0 Å². The van der Waals surface area contributed by atoms with E-state index in [1.807, 2.05) is 0 Å². The predicted octanol–water partition coefficient (Wildman–Crippen LogP) is -2.90. The van der Waals surface area contributed by atoms with Gasteiger partial charge in [0.25, 0.3) is 11.1 Å². The third kappa shape index (κ3) is 16.5. The molecule has 0 spiro atoms. The van der Waals surface area contributed by atoms with Crippen LogP contribution in [0.1, 0.15) is 38.3 Å². The van der Waals surface area contributed by atoms with Crippen LogP contribution < -0.4 is 51.2 Å². The number of ether oxygens (including phenoxy) is 1. The van der Waals surface area contributed by atoms with Crippen LogP contribution >= 0.6 is 0 Å². The first-order chi connectivity index (χ1) is 17.0. The number of carbonyl (C=O) groups is 4. The minimum atomic E-state index is -1.01. The number of carbonyl (C=O) groups excluding carboxylic acids is 3. The van der Waals surface area contributed by atoms with Gasteiger partial charge in [-0.1, -0.05) is 0 Å². The van der Waals surface area contributed by atoms with Gasteiger partial charge in [0.2, 0.25) is 11.9 Å². The van der Waals surface area contributed by atoms with Gasteiger partial charge in [0.1, 0.15) is 0 Å². The summed E-state index contributed by atoms with van der Waals surface area (Å²) >= 11 is 0. The zero-order chi connectivity index (χ0) is 27.1. The van der Waals surface area contributed by atoms with E-state index < -0.39 is 18.0 Å². The maximum atomic E-state index is 11.4. The summed E-state index contributed by atoms with van der Waals surface area (Å²) in [5, 5.41) is 17.8. The summed E-state index contributed by atoms with van der Waals surface area (Å²) in [4.78, 5) is 78.6. The molecule has 2 heterocycles. The smallest absolute Gasteiger partial charge is 1.00 e. The van der Waals surface area contributed by atoms with E-state index in [4.69, 9.17) is 9.84 Å². The number of hydrogen-bond donors (Lipinski definition) is 7. The van der Waals surface area contributed by atoms with E-state index in [0.717, 1.165) is 0 Å². The second-order valence-electron chi connectivity index (χ2n) is 6.93. The summed E-state index contributed by atoms with van der Waals surface area (Å²) in [7, 11) is 0. The second kappa shape index (κ2) is 19.0. The van der Waals surface area contributed by atoms with Crippen molar-refractivity contribution in [1.82, 2.24) is 30.6 Å². The third-order valence-corrected chi connectivity index (χ3v) is 3.75. The van der Waals surface area contributed by atoms with Gasteiger partial charge in [0.15, 0.2) is 0 Å². The van der Waals surface area contributed by atoms with Crippen LogP contribution in [-0.2, 0) is 14.3 Å². The summed E-state index contributed by atoms with van der Waals surface area (Å²) < 4.78 is 4.70. The van der Waals surface area contributed by atoms with Crippen molar-refractivity contribution in [2.75, 3.05) is 30.3 Å². The molecule has 0 aliphatic rings. The summed E-state index contributed by atoms with van der Waals surface area (Å²) in [5.41, 5.74) is 0.229. The predicted molar refractivity (Wildman–Crippen MR) is 140 cm³/mol. The SMILES string of the molecule is CCOC(=O)CCNC(=O)Nc1nc(C)cc(=O)[nH]1.Cc1cc(=O)[nH]c(NC(=O)NCCC(=O)O)n1.O.[H-].[HH].[HH].[HH].[HH].[Li+]. The van der Waals surface area contributed by atoms with Crippen molar-refractivity contribution < 1.29 is 60.5 Å². The molecule has 2 aromatic heterocycles. The number of esters is 1. The number of aromatic nitrogens is 4. The van der Waals surface area contributed by atoms with E-state index in [2.05, 4.69) is 41.2 Å². The Balaban J connectivity index is -0.000000104. The van der Waals surface area contributed by atoms with Gasteiger partial charge in [0, 0.05) is 42.3 Å². The molecule has 0 fully saturated rings. The van der Waals surface area contributed by atoms with E-state index in [1.54, 1.807) is 20.8 Å². The molecule has 0 saturated heterocycles. The number of urea groups is 2. The number of carboxylic acids is 1. The molecule has 9 N–H and O–H groups in total. The van der Waals surface area contributed by atoms with Gasteiger partial charge in [0.05, 0.1) is 19.4 Å². The molecule has 0 unspecified atom stereocenters. The molecule has 0 saturated carbocycles. The molecular formula is C20H39LiN8O9. The van der Waals surface area contributed by atoms with Crippen molar-refractivity contribution in [2.45, 2.75) is 33.6 Å². The number of aliphatic carboxylic acids is 1. The van der Waals surface area contributed by atoms with Crippen LogP contribution in [0, 0.1) is 13.8 Å². The number of nitrogens with zero attached hydrogens (tertiary/aromatic N) is 2. The van der Waals surface area contributed by atoms with Crippen LogP contribution in [-0.4, -0.2) is 74.2 Å². The molecule has 0 aliphatic heterocycles. The number of hydrogen-bond acceptors (Lipinski definition) is 9. The Labute approximate surface area is 235 Å². The minimum Gasteiger partial charge on any atom is -1.00 e. The van der Waals surface area contributed by atoms with E-state index in [-0.39, 0.29) is 86.4 Å². The van der Waals surface area contributed by atoms with Crippen molar-refractivity contribution in [3.63, 3.8) is 0 Å². The Hall–Kier alpha value is -4.20. The molecule has 0 atom stereocenters. The van der Waals surface area contributed by atoms with Gasteiger partial charge < -0.3 is 27.4 Å². The molecule has 4 amide bonds. The molecule has 2 aromatic rings. The van der Waals surface area contributed by atoms with Crippen LogP contribution in [0.5, 0.6) is 0 Å². The number of anilines is 2. The summed E-state index contributed by atoms with van der Waals surface area (Å²) in [6.07, 6.45) is -0.0930. The standard InChI is InChI=1S/C11H16N4O4.C9H12N4O4.Li.H2O.4H2.H/c1-3-19-9(17)4-5-12-11(18)15-10-13-7(2)6-8(16)14-10;1-5-4-6(14)12-8(11-5)13-9(17)10-3-2-7(15)16;;;;;;;/h6H,3-5H2,1-2H3,(H3,12,13,14,15,16,18);4H,2-3H2,1H3,(H,15,16)(H3,10,11,12,13,14,17);;1H2;4*1H;/q;;+1;;;;;;-1.